The van der Waals surface area contributed by atoms with Crippen LogP contribution in [-0.2, 0) is 17.8 Å². The molecule has 0 unspecified atom stereocenters. The lowest BCUT2D eigenvalue weighted by molar-refractivity contribution is -0.121. The van der Waals surface area contributed by atoms with E-state index in [1.165, 1.54) is 12.1 Å². The van der Waals surface area contributed by atoms with Gasteiger partial charge in [0.05, 0.1) is 17.4 Å². The second kappa shape index (κ2) is 6.39. The van der Waals surface area contributed by atoms with Crippen molar-refractivity contribution in [2.75, 3.05) is 0 Å². The van der Waals surface area contributed by atoms with Crippen LogP contribution in [0.5, 0.6) is 0 Å². The second-order valence-corrected chi connectivity index (χ2v) is 5.16. The van der Waals surface area contributed by atoms with Crippen molar-refractivity contribution in [2.45, 2.75) is 19.4 Å². The lowest BCUT2D eigenvalue weighted by Crippen LogP contribution is -2.22. The molecule has 0 spiro atoms. The van der Waals surface area contributed by atoms with Crippen LogP contribution in [0.15, 0.2) is 48.8 Å². The standard InChI is InChI=1S/C17H16FN3O/c18-14-5-1-12(2-6-14)4-8-17(22)19-10-13-3-7-15-16(9-13)21-11-20-15/h1-3,5-7,9,11H,4,8,10H2,(H,19,22)(H,20,21). The Hall–Kier alpha value is -2.69. The van der Waals surface area contributed by atoms with Gasteiger partial charge in [-0.25, -0.2) is 9.37 Å². The Labute approximate surface area is 127 Å². The van der Waals surface area contributed by atoms with Crippen LogP contribution in [0.2, 0.25) is 0 Å². The Balaban J connectivity index is 1.50. The van der Waals surface area contributed by atoms with E-state index in [0.717, 1.165) is 22.2 Å². The minimum atomic E-state index is -0.262. The number of H-pyrrole nitrogens is 1. The SMILES string of the molecule is O=C(CCc1ccc(F)cc1)NCc1ccc2nc[nH]c2c1. The number of carbonyl (C=O) groups excluding carboxylic acids is 1. The summed E-state index contributed by atoms with van der Waals surface area (Å²) in [5.41, 5.74) is 3.84. The molecule has 0 saturated heterocycles. The lowest BCUT2D eigenvalue weighted by atomic mass is 10.1. The molecule has 0 bridgehead atoms. The highest BCUT2D eigenvalue weighted by molar-refractivity contribution is 5.77. The third-order valence-electron chi connectivity index (χ3n) is 3.53. The number of fused-ring (bicyclic) bond motifs is 1. The number of aryl methyl sites for hydroxylation is 1. The third-order valence-corrected chi connectivity index (χ3v) is 3.53. The quantitative estimate of drug-likeness (QED) is 0.760. The Morgan fingerprint density at radius 3 is 2.73 bits per heavy atom. The number of nitrogens with zero attached hydrogens (tertiary/aromatic N) is 1. The molecule has 5 heteroatoms. The summed E-state index contributed by atoms with van der Waals surface area (Å²) in [6.45, 7) is 0.483. The number of carbonyl (C=O) groups is 1. The first-order valence-electron chi connectivity index (χ1n) is 7.14. The van der Waals surface area contributed by atoms with Crippen LogP contribution in [0.25, 0.3) is 11.0 Å². The fourth-order valence-corrected chi connectivity index (χ4v) is 2.29. The molecule has 0 aliphatic carbocycles. The van der Waals surface area contributed by atoms with E-state index in [0.29, 0.717) is 19.4 Å². The molecule has 3 rings (SSSR count). The van der Waals surface area contributed by atoms with Gasteiger partial charge in [0, 0.05) is 13.0 Å². The van der Waals surface area contributed by atoms with Crippen LogP contribution in [0, 0.1) is 5.82 Å². The van der Waals surface area contributed by atoms with Gasteiger partial charge in [-0.1, -0.05) is 18.2 Å². The lowest BCUT2D eigenvalue weighted by Gasteiger charge is -2.06. The highest BCUT2D eigenvalue weighted by atomic mass is 19.1. The van der Waals surface area contributed by atoms with Gasteiger partial charge in [0.1, 0.15) is 5.82 Å². The summed E-state index contributed by atoms with van der Waals surface area (Å²) in [7, 11) is 0. The maximum atomic E-state index is 12.8. The average molecular weight is 297 g/mol. The molecule has 0 saturated carbocycles. The summed E-state index contributed by atoms with van der Waals surface area (Å²) in [5.74, 6) is -0.281. The minimum absolute atomic E-state index is 0.0194. The van der Waals surface area contributed by atoms with Gasteiger partial charge in [0.2, 0.25) is 5.91 Å². The summed E-state index contributed by atoms with van der Waals surface area (Å²) in [6, 6.07) is 12.1. The number of hydrogen-bond donors (Lipinski definition) is 2. The molecule has 1 aromatic heterocycles. The van der Waals surface area contributed by atoms with Crippen LogP contribution < -0.4 is 5.32 Å². The van der Waals surface area contributed by atoms with E-state index < -0.39 is 0 Å². The Bertz CT molecular complexity index is 780. The van der Waals surface area contributed by atoms with E-state index in [1.807, 2.05) is 18.2 Å². The number of rotatable bonds is 5. The maximum absolute atomic E-state index is 12.8. The van der Waals surface area contributed by atoms with E-state index in [1.54, 1.807) is 18.5 Å². The highest BCUT2D eigenvalue weighted by Gasteiger charge is 2.04. The van der Waals surface area contributed by atoms with Gasteiger partial charge in [-0.2, -0.15) is 0 Å². The van der Waals surface area contributed by atoms with Crippen LogP contribution in [0.4, 0.5) is 4.39 Å². The number of amides is 1. The first kappa shape index (κ1) is 14.3. The number of imidazole rings is 1. The topological polar surface area (TPSA) is 57.8 Å². The number of halogens is 1. The van der Waals surface area contributed by atoms with Gasteiger partial charge in [0.25, 0.3) is 0 Å². The van der Waals surface area contributed by atoms with Crippen molar-refractivity contribution < 1.29 is 9.18 Å². The summed E-state index contributed by atoms with van der Waals surface area (Å²) >= 11 is 0. The van der Waals surface area contributed by atoms with Crippen LogP contribution in [0.3, 0.4) is 0 Å². The number of benzene rings is 2. The first-order chi connectivity index (χ1) is 10.7. The maximum Gasteiger partial charge on any atom is 0.220 e. The summed E-state index contributed by atoms with van der Waals surface area (Å²) < 4.78 is 12.8. The molecular weight excluding hydrogens is 281 g/mol. The fourth-order valence-electron chi connectivity index (χ4n) is 2.29. The van der Waals surface area contributed by atoms with Crippen molar-refractivity contribution in [3.05, 3.63) is 65.7 Å². The number of nitrogens with one attached hydrogen (secondary N) is 2. The number of hydrogen-bond acceptors (Lipinski definition) is 2. The van der Waals surface area contributed by atoms with E-state index in [-0.39, 0.29) is 11.7 Å². The Morgan fingerprint density at radius 2 is 1.91 bits per heavy atom. The first-order valence-corrected chi connectivity index (χ1v) is 7.14. The second-order valence-electron chi connectivity index (χ2n) is 5.16. The smallest absolute Gasteiger partial charge is 0.220 e. The largest absolute Gasteiger partial charge is 0.352 e. The Morgan fingerprint density at radius 1 is 1.14 bits per heavy atom. The molecule has 112 valence electrons. The molecular formula is C17H16FN3O. The van der Waals surface area contributed by atoms with E-state index in [2.05, 4.69) is 15.3 Å². The summed E-state index contributed by atoms with van der Waals surface area (Å²) in [6.07, 6.45) is 2.64. The van der Waals surface area contributed by atoms with Gasteiger partial charge in [-0.15, -0.1) is 0 Å². The van der Waals surface area contributed by atoms with Crippen molar-refractivity contribution in [2.24, 2.45) is 0 Å². The fraction of sp³-hybridized carbons (Fsp3) is 0.176. The van der Waals surface area contributed by atoms with Crippen molar-refractivity contribution in [3.63, 3.8) is 0 Å². The molecule has 1 heterocycles. The van der Waals surface area contributed by atoms with Crippen molar-refractivity contribution in [1.29, 1.82) is 0 Å². The predicted molar refractivity (Wildman–Crippen MR) is 82.7 cm³/mol. The molecule has 3 aromatic rings. The molecule has 2 N–H and O–H groups in total. The normalized spacial score (nSPS) is 10.8. The molecule has 22 heavy (non-hydrogen) atoms. The average Bonchev–Trinajstić information content (AvgIpc) is 3.00. The number of aromatic amines is 1. The number of aromatic nitrogens is 2. The van der Waals surface area contributed by atoms with Crippen LogP contribution >= 0.6 is 0 Å². The van der Waals surface area contributed by atoms with Gasteiger partial charge in [-0.05, 0) is 41.8 Å². The van der Waals surface area contributed by atoms with Crippen LogP contribution in [0.1, 0.15) is 17.5 Å². The summed E-state index contributed by atoms with van der Waals surface area (Å²) in [4.78, 5) is 19.1. The monoisotopic (exact) mass is 297 g/mol. The summed E-state index contributed by atoms with van der Waals surface area (Å²) in [5, 5.41) is 2.89. The van der Waals surface area contributed by atoms with Crippen LogP contribution in [-0.4, -0.2) is 15.9 Å². The van der Waals surface area contributed by atoms with E-state index in [9.17, 15) is 9.18 Å². The molecule has 2 aromatic carbocycles. The third kappa shape index (κ3) is 3.49. The van der Waals surface area contributed by atoms with Gasteiger partial charge in [0.15, 0.2) is 0 Å². The van der Waals surface area contributed by atoms with Gasteiger partial charge in [-0.3, -0.25) is 4.79 Å². The van der Waals surface area contributed by atoms with Gasteiger partial charge < -0.3 is 10.3 Å². The zero-order chi connectivity index (χ0) is 15.4. The zero-order valence-corrected chi connectivity index (χ0v) is 12.0. The predicted octanol–water partition coefficient (Wildman–Crippen LogP) is 2.95. The molecule has 1 amide bonds. The molecule has 4 nitrogen and oxygen atoms in total. The highest BCUT2D eigenvalue weighted by Crippen LogP contribution is 2.11. The molecule has 0 aliphatic heterocycles. The molecule has 0 radical (unpaired) electrons. The van der Waals surface area contributed by atoms with E-state index >= 15 is 0 Å². The van der Waals surface area contributed by atoms with Crippen molar-refractivity contribution >= 4 is 16.9 Å². The molecule has 0 atom stereocenters. The van der Waals surface area contributed by atoms with Crippen molar-refractivity contribution in [3.8, 4) is 0 Å². The van der Waals surface area contributed by atoms with Gasteiger partial charge >= 0.3 is 0 Å². The molecule has 0 aliphatic rings. The molecule has 0 fully saturated rings. The minimum Gasteiger partial charge on any atom is -0.352 e. The van der Waals surface area contributed by atoms with E-state index in [4.69, 9.17) is 0 Å². The van der Waals surface area contributed by atoms with Crippen molar-refractivity contribution in [1.82, 2.24) is 15.3 Å². The zero-order valence-electron chi connectivity index (χ0n) is 12.0. The Kier molecular flexibility index (Phi) is 4.14.